The van der Waals surface area contributed by atoms with Gasteiger partial charge in [-0.2, -0.15) is 0 Å². The molecule has 2 aromatic carbocycles. The van der Waals surface area contributed by atoms with Gasteiger partial charge in [-0.25, -0.2) is 0 Å². The minimum Gasteiger partial charge on any atom is -0.493 e. The number of nitrogens with zero attached hydrogens (tertiary/aromatic N) is 2. The molecule has 0 aliphatic heterocycles. The second-order valence-electron chi connectivity index (χ2n) is 5.27. The lowest BCUT2D eigenvalue weighted by atomic mass is 10.3. The van der Waals surface area contributed by atoms with E-state index in [1.54, 1.807) is 11.8 Å². The number of carbonyl (C=O) groups excluding carboxylic acids is 1. The number of nitrogens with one attached hydrogen (secondary N) is 2. The van der Waals surface area contributed by atoms with Crippen LogP contribution < -0.4 is 15.4 Å². The lowest BCUT2D eigenvalue weighted by Gasteiger charge is -2.05. The first-order chi connectivity index (χ1) is 12.7. The fraction of sp³-hybridized carbons (Fsp3) is 0.167. The van der Waals surface area contributed by atoms with Crippen LogP contribution in [0.3, 0.4) is 0 Å². The van der Waals surface area contributed by atoms with E-state index in [1.807, 2.05) is 54.6 Å². The van der Waals surface area contributed by atoms with Gasteiger partial charge in [-0.15, -0.1) is 10.2 Å². The average molecular weight is 387 g/mol. The lowest BCUT2D eigenvalue weighted by Crippen LogP contribution is -2.05. The Morgan fingerprint density at radius 2 is 1.92 bits per heavy atom. The van der Waals surface area contributed by atoms with Crippen molar-refractivity contribution < 1.29 is 9.53 Å². The maximum absolute atomic E-state index is 11.1. The van der Waals surface area contributed by atoms with E-state index in [0.29, 0.717) is 11.7 Å². The molecule has 2 N–H and O–H groups in total. The number of benzene rings is 2. The Labute approximate surface area is 160 Å². The summed E-state index contributed by atoms with van der Waals surface area (Å²) in [6.07, 6.45) is 0. The number of aromatic nitrogens is 2. The van der Waals surface area contributed by atoms with Crippen LogP contribution in [0, 0.1) is 0 Å². The predicted molar refractivity (Wildman–Crippen MR) is 107 cm³/mol. The molecule has 3 rings (SSSR count). The van der Waals surface area contributed by atoms with E-state index in [4.69, 9.17) is 4.74 Å². The highest BCUT2D eigenvalue weighted by atomic mass is 32.2. The molecule has 0 radical (unpaired) electrons. The Hall–Kier alpha value is -2.58. The maximum atomic E-state index is 11.1. The number of amides is 1. The Balaban J connectivity index is 1.48. The Kier molecular flexibility index (Phi) is 6.45. The van der Waals surface area contributed by atoms with Crippen LogP contribution in [-0.2, 0) is 4.79 Å². The van der Waals surface area contributed by atoms with Crippen LogP contribution in [0.2, 0.25) is 0 Å². The fourth-order valence-electron chi connectivity index (χ4n) is 2.13. The van der Waals surface area contributed by atoms with E-state index in [0.717, 1.165) is 27.2 Å². The van der Waals surface area contributed by atoms with Crippen molar-refractivity contribution in [1.82, 2.24) is 10.2 Å². The summed E-state index contributed by atoms with van der Waals surface area (Å²) < 4.78 is 6.54. The molecule has 1 aromatic heterocycles. The molecule has 8 heteroatoms. The van der Waals surface area contributed by atoms with Gasteiger partial charge in [0, 0.05) is 24.1 Å². The van der Waals surface area contributed by atoms with Crippen molar-refractivity contribution >= 4 is 45.5 Å². The lowest BCUT2D eigenvalue weighted by molar-refractivity contribution is -0.114. The summed E-state index contributed by atoms with van der Waals surface area (Å²) in [4.78, 5) is 11.1. The summed E-state index contributed by atoms with van der Waals surface area (Å²) >= 11 is 3.09. The molecule has 0 fully saturated rings. The summed E-state index contributed by atoms with van der Waals surface area (Å²) in [6, 6.07) is 17.2. The van der Waals surface area contributed by atoms with Gasteiger partial charge < -0.3 is 15.4 Å². The molecule has 1 heterocycles. The number of rotatable bonds is 8. The second kappa shape index (κ2) is 9.21. The standard InChI is InChI=1S/C18H18N4O2S2/c1-13(23)19-14-6-5-7-15(12-14)20-17-21-22-18(26-17)25-11-10-24-16-8-3-2-4-9-16/h2-9,12H,10-11H2,1H3,(H,19,23)(H,20,21). The van der Waals surface area contributed by atoms with Crippen molar-refractivity contribution in [2.24, 2.45) is 0 Å². The summed E-state index contributed by atoms with van der Waals surface area (Å²) in [5.41, 5.74) is 1.58. The molecule has 0 aliphatic carbocycles. The third-order valence-electron chi connectivity index (χ3n) is 3.16. The predicted octanol–water partition coefficient (Wildman–Crippen LogP) is 4.41. The highest BCUT2D eigenvalue weighted by Crippen LogP contribution is 2.28. The minimum absolute atomic E-state index is 0.102. The van der Waals surface area contributed by atoms with Gasteiger partial charge in [0.1, 0.15) is 5.75 Å². The molecule has 0 unspecified atom stereocenters. The van der Waals surface area contributed by atoms with Gasteiger partial charge in [0.2, 0.25) is 11.0 Å². The van der Waals surface area contributed by atoms with Crippen LogP contribution in [0.25, 0.3) is 0 Å². The van der Waals surface area contributed by atoms with Crippen molar-refractivity contribution in [2.45, 2.75) is 11.3 Å². The molecular formula is C18H18N4O2S2. The van der Waals surface area contributed by atoms with Crippen molar-refractivity contribution in [3.63, 3.8) is 0 Å². The second-order valence-corrected chi connectivity index (χ2v) is 7.59. The monoisotopic (exact) mass is 386 g/mol. The van der Waals surface area contributed by atoms with Crippen LogP contribution in [0.15, 0.2) is 58.9 Å². The number of para-hydroxylation sites is 1. The van der Waals surface area contributed by atoms with Gasteiger partial charge in [0.15, 0.2) is 4.34 Å². The SMILES string of the molecule is CC(=O)Nc1cccc(Nc2nnc(SCCOc3ccccc3)s2)c1. The van der Waals surface area contributed by atoms with Crippen LogP contribution in [0.4, 0.5) is 16.5 Å². The largest absolute Gasteiger partial charge is 0.493 e. The summed E-state index contributed by atoms with van der Waals surface area (Å²) in [5.74, 6) is 1.56. The summed E-state index contributed by atoms with van der Waals surface area (Å²) in [6.45, 7) is 2.09. The van der Waals surface area contributed by atoms with Crippen molar-refractivity contribution in [3.8, 4) is 5.75 Å². The van der Waals surface area contributed by atoms with Gasteiger partial charge in [-0.05, 0) is 30.3 Å². The van der Waals surface area contributed by atoms with E-state index in [9.17, 15) is 4.79 Å². The molecule has 0 bridgehead atoms. The molecule has 0 saturated carbocycles. The van der Waals surface area contributed by atoms with Crippen LogP contribution in [0.1, 0.15) is 6.92 Å². The summed E-state index contributed by atoms with van der Waals surface area (Å²) in [7, 11) is 0. The molecule has 134 valence electrons. The summed E-state index contributed by atoms with van der Waals surface area (Å²) in [5, 5.41) is 15.0. The molecule has 26 heavy (non-hydrogen) atoms. The van der Waals surface area contributed by atoms with Crippen molar-refractivity contribution in [3.05, 3.63) is 54.6 Å². The number of carbonyl (C=O) groups is 1. The highest BCUT2D eigenvalue weighted by molar-refractivity contribution is 8.01. The van der Waals surface area contributed by atoms with Crippen LogP contribution >= 0.6 is 23.1 Å². The third kappa shape index (κ3) is 5.75. The smallest absolute Gasteiger partial charge is 0.221 e. The van der Waals surface area contributed by atoms with Crippen molar-refractivity contribution in [2.75, 3.05) is 23.0 Å². The number of ether oxygens (including phenoxy) is 1. The number of thioether (sulfide) groups is 1. The molecular weight excluding hydrogens is 368 g/mol. The molecule has 6 nitrogen and oxygen atoms in total. The number of anilines is 3. The molecule has 0 aliphatic rings. The first-order valence-corrected chi connectivity index (χ1v) is 9.78. The van der Waals surface area contributed by atoms with Crippen molar-refractivity contribution in [1.29, 1.82) is 0 Å². The Morgan fingerprint density at radius 3 is 2.73 bits per heavy atom. The zero-order valence-corrected chi connectivity index (χ0v) is 15.8. The maximum Gasteiger partial charge on any atom is 0.221 e. The fourth-order valence-corrected chi connectivity index (χ4v) is 3.79. The van der Waals surface area contributed by atoms with E-state index >= 15 is 0 Å². The zero-order valence-electron chi connectivity index (χ0n) is 14.1. The van der Waals surface area contributed by atoms with E-state index in [-0.39, 0.29) is 5.91 Å². The molecule has 1 amide bonds. The molecule has 0 spiro atoms. The normalized spacial score (nSPS) is 10.3. The van der Waals surface area contributed by atoms with Gasteiger partial charge in [0.25, 0.3) is 0 Å². The zero-order chi connectivity index (χ0) is 18.2. The number of hydrogen-bond acceptors (Lipinski definition) is 7. The topological polar surface area (TPSA) is 76.1 Å². The van der Waals surface area contributed by atoms with Crippen LogP contribution in [-0.4, -0.2) is 28.5 Å². The highest BCUT2D eigenvalue weighted by Gasteiger charge is 2.06. The Bertz CT molecular complexity index is 855. The first-order valence-electron chi connectivity index (χ1n) is 7.98. The average Bonchev–Trinajstić information content (AvgIpc) is 3.07. The number of hydrogen-bond donors (Lipinski definition) is 2. The van der Waals surface area contributed by atoms with Gasteiger partial charge >= 0.3 is 0 Å². The van der Waals surface area contributed by atoms with E-state index < -0.39 is 0 Å². The molecule has 0 atom stereocenters. The molecule has 3 aromatic rings. The Morgan fingerprint density at radius 1 is 1.12 bits per heavy atom. The van der Waals surface area contributed by atoms with Gasteiger partial charge in [0.05, 0.1) is 6.61 Å². The van der Waals surface area contributed by atoms with Gasteiger partial charge in [-0.1, -0.05) is 47.4 Å². The van der Waals surface area contributed by atoms with E-state index in [1.165, 1.54) is 18.3 Å². The molecule has 0 saturated heterocycles. The van der Waals surface area contributed by atoms with Crippen LogP contribution in [0.5, 0.6) is 5.75 Å². The van der Waals surface area contributed by atoms with Gasteiger partial charge in [-0.3, -0.25) is 4.79 Å². The first kappa shape index (κ1) is 18.2. The van der Waals surface area contributed by atoms with E-state index in [2.05, 4.69) is 20.8 Å². The third-order valence-corrected chi connectivity index (χ3v) is 5.10. The quantitative estimate of drug-likeness (QED) is 0.441. The minimum atomic E-state index is -0.102.